The van der Waals surface area contributed by atoms with Crippen LogP contribution in [0.15, 0.2) is 42.6 Å². The normalized spacial score (nSPS) is 13.6. The van der Waals surface area contributed by atoms with Crippen molar-refractivity contribution in [1.82, 2.24) is 9.97 Å². The minimum Gasteiger partial charge on any atom is -0.494 e. The van der Waals surface area contributed by atoms with Crippen LogP contribution < -0.4 is 10.1 Å². The lowest BCUT2D eigenvalue weighted by Gasteiger charge is -2.17. The molecule has 0 saturated heterocycles. The number of aromatic amines is 1. The minimum atomic E-state index is -0.451. The second-order valence-electron chi connectivity index (χ2n) is 8.61. The first-order valence-electron chi connectivity index (χ1n) is 12.0. The first kappa shape index (κ1) is 23.8. The molecule has 1 aliphatic heterocycles. The van der Waals surface area contributed by atoms with Crippen molar-refractivity contribution in [3.8, 4) is 5.75 Å². The van der Waals surface area contributed by atoms with Gasteiger partial charge in [-0.1, -0.05) is 12.1 Å². The number of carbonyl (C=O) groups is 1. The van der Waals surface area contributed by atoms with Crippen molar-refractivity contribution in [3.05, 3.63) is 76.5 Å². The number of carbonyl (C=O) groups excluding carboxylic acids is 1. The lowest BCUT2D eigenvalue weighted by atomic mass is 9.92. The number of pyridine rings is 1. The van der Waals surface area contributed by atoms with Crippen molar-refractivity contribution < 1.29 is 18.7 Å². The SMILES string of the molecule is CCOC(=O)CC(c1ccc(OC)c(F)c1)c1cc(CCCc2ccc3c(n2)NCCC3)c[nH]1. The van der Waals surface area contributed by atoms with Gasteiger partial charge < -0.3 is 19.8 Å². The predicted octanol–water partition coefficient (Wildman–Crippen LogP) is 5.18. The molecule has 0 saturated carbocycles. The van der Waals surface area contributed by atoms with Crippen LogP contribution in [0, 0.1) is 5.82 Å². The average Bonchev–Trinajstić information content (AvgIpc) is 3.31. The van der Waals surface area contributed by atoms with E-state index in [4.69, 9.17) is 14.5 Å². The molecular weight excluding hydrogens is 433 g/mol. The molecule has 0 aliphatic carbocycles. The molecule has 6 nitrogen and oxygen atoms in total. The molecule has 0 bridgehead atoms. The Bertz CT molecular complexity index is 1130. The summed E-state index contributed by atoms with van der Waals surface area (Å²) < 4.78 is 24.6. The van der Waals surface area contributed by atoms with Gasteiger partial charge in [0.05, 0.1) is 20.1 Å². The van der Waals surface area contributed by atoms with Gasteiger partial charge in [0.1, 0.15) is 5.82 Å². The topological polar surface area (TPSA) is 76.2 Å². The number of H-pyrrole nitrogens is 1. The first-order valence-corrected chi connectivity index (χ1v) is 12.0. The lowest BCUT2D eigenvalue weighted by molar-refractivity contribution is -0.143. The Balaban J connectivity index is 1.44. The van der Waals surface area contributed by atoms with Crippen molar-refractivity contribution in [2.75, 3.05) is 25.6 Å². The second kappa shape index (κ2) is 11.2. The minimum absolute atomic E-state index is 0.131. The highest BCUT2D eigenvalue weighted by atomic mass is 19.1. The number of nitrogens with zero attached hydrogens (tertiary/aromatic N) is 1. The molecule has 1 atom stereocenters. The van der Waals surface area contributed by atoms with E-state index in [1.807, 2.05) is 6.20 Å². The predicted molar refractivity (Wildman–Crippen MR) is 130 cm³/mol. The van der Waals surface area contributed by atoms with Crippen LogP contribution in [-0.2, 0) is 28.8 Å². The standard InChI is InChI=1S/C27H32FN3O3/c1-3-34-26(32)16-22(20-10-12-25(33-2)23(28)15-20)24-14-18(17-30-24)6-4-8-21-11-9-19-7-5-13-29-27(19)31-21/h9-12,14-15,17,22,30H,3-8,13,16H2,1-2H3,(H,29,31). The fourth-order valence-electron chi connectivity index (χ4n) is 4.48. The van der Waals surface area contributed by atoms with Crippen LogP contribution in [0.25, 0.3) is 0 Å². The third kappa shape index (κ3) is 5.76. The molecule has 34 heavy (non-hydrogen) atoms. The molecule has 4 rings (SSSR count). The highest BCUT2D eigenvalue weighted by molar-refractivity contribution is 5.71. The number of esters is 1. The monoisotopic (exact) mass is 465 g/mol. The average molecular weight is 466 g/mol. The Labute approximate surface area is 199 Å². The molecule has 1 aromatic carbocycles. The van der Waals surface area contributed by atoms with Crippen LogP contribution in [0.1, 0.15) is 60.2 Å². The molecular formula is C27H32FN3O3. The van der Waals surface area contributed by atoms with Gasteiger partial charge in [-0.15, -0.1) is 0 Å². The van der Waals surface area contributed by atoms with Crippen LogP contribution in [0.5, 0.6) is 5.75 Å². The third-order valence-corrected chi connectivity index (χ3v) is 6.25. The third-order valence-electron chi connectivity index (χ3n) is 6.25. The molecule has 0 fully saturated rings. The summed E-state index contributed by atoms with van der Waals surface area (Å²) in [6.07, 6.45) is 7.08. The van der Waals surface area contributed by atoms with E-state index in [1.54, 1.807) is 19.1 Å². The number of nitrogens with one attached hydrogen (secondary N) is 2. The maximum Gasteiger partial charge on any atom is 0.306 e. The molecule has 7 heteroatoms. The smallest absolute Gasteiger partial charge is 0.306 e. The zero-order valence-electron chi connectivity index (χ0n) is 19.8. The van der Waals surface area contributed by atoms with Gasteiger partial charge in [-0.05, 0) is 80.0 Å². The summed E-state index contributed by atoms with van der Waals surface area (Å²) in [5, 5.41) is 3.39. The van der Waals surface area contributed by atoms with Gasteiger partial charge in [0.2, 0.25) is 0 Å². The Morgan fingerprint density at radius 3 is 2.88 bits per heavy atom. The Morgan fingerprint density at radius 2 is 2.09 bits per heavy atom. The molecule has 2 aromatic heterocycles. The number of aryl methyl sites for hydroxylation is 3. The number of benzene rings is 1. The van der Waals surface area contributed by atoms with Gasteiger partial charge in [-0.25, -0.2) is 9.37 Å². The highest BCUT2D eigenvalue weighted by Crippen LogP contribution is 2.31. The maximum absolute atomic E-state index is 14.4. The van der Waals surface area contributed by atoms with Crippen LogP contribution in [-0.4, -0.2) is 36.2 Å². The van der Waals surface area contributed by atoms with Crippen molar-refractivity contribution >= 4 is 11.8 Å². The highest BCUT2D eigenvalue weighted by Gasteiger charge is 2.22. The molecule has 1 unspecified atom stereocenters. The molecule has 0 spiro atoms. The molecule has 3 aromatic rings. The van der Waals surface area contributed by atoms with Gasteiger partial charge in [0.25, 0.3) is 0 Å². The van der Waals surface area contributed by atoms with Crippen molar-refractivity contribution in [3.63, 3.8) is 0 Å². The molecule has 3 heterocycles. The van der Waals surface area contributed by atoms with Crippen molar-refractivity contribution in [1.29, 1.82) is 0 Å². The van der Waals surface area contributed by atoms with Crippen LogP contribution in [0.2, 0.25) is 0 Å². The van der Waals surface area contributed by atoms with Crippen LogP contribution >= 0.6 is 0 Å². The molecule has 1 aliphatic rings. The molecule has 0 amide bonds. The van der Waals surface area contributed by atoms with E-state index < -0.39 is 5.82 Å². The van der Waals surface area contributed by atoms with E-state index in [2.05, 4.69) is 28.5 Å². The fourth-order valence-corrected chi connectivity index (χ4v) is 4.48. The Kier molecular flexibility index (Phi) is 7.83. The number of methoxy groups -OCH3 is 1. The maximum atomic E-state index is 14.4. The zero-order chi connectivity index (χ0) is 23.9. The van der Waals surface area contributed by atoms with E-state index in [1.165, 1.54) is 18.7 Å². The summed E-state index contributed by atoms with van der Waals surface area (Å²) in [5.41, 5.74) is 5.11. The van der Waals surface area contributed by atoms with E-state index in [0.717, 1.165) is 61.4 Å². The lowest BCUT2D eigenvalue weighted by Crippen LogP contribution is -2.14. The number of aromatic nitrogens is 2. The first-order chi connectivity index (χ1) is 16.6. The number of hydrogen-bond acceptors (Lipinski definition) is 5. The molecule has 180 valence electrons. The van der Waals surface area contributed by atoms with Gasteiger partial charge in [-0.2, -0.15) is 0 Å². The summed E-state index contributed by atoms with van der Waals surface area (Å²) in [6.45, 7) is 3.07. The summed E-state index contributed by atoms with van der Waals surface area (Å²) >= 11 is 0. The largest absolute Gasteiger partial charge is 0.494 e. The summed E-state index contributed by atoms with van der Waals surface area (Å²) in [5.74, 6) is 0.110. The van der Waals surface area contributed by atoms with Gasteiger partial charge in [-0.3, -0.25) is 4.79 Å². The van der Waals surface area contributed by atoms with E-state index in [9.17, 15) is 9.18 Å². The molecule has 2 N–H and O–H groups in total. The Hall–Kier alpha value is -3.35. The van der Waals surface area contributed by atoms with Gasteiger partial charge >= 0.3 is 5.97 Å². The van der Waals surface area contributed by atoms with E-state index in [0.29, 0.717) is 12.2 Å². The number of halogens is 1. The molecule has 0 radical (unpaired) electrons. The van der Waals surface area contributed by atoms with Gasteiger partial charge in [0.15, 0.2) is 11.6 Å². The van der Waals surface area contributed by atoms with Crippen molar-refractivity contribution in [2.24, 2.45) is 0 Å². The Morgan fingerprint density at radius 1 is 1.21 bits per heavy atom. The van der Waals surface area contributed by atoms with Crippen molar-refractivity contribution in [2.45, 2.75) is 51.4 Å². The van der Waals surface area contributed by atoms with Crippen LogP contribution in [0.4, 0.5) is 10.2 Å². The van der Waals surface area contributed by atoms with E-state index >= 15 is 0 Å². The zero-order valence-corrected chi connectivity index (χ0v) is 19.8. The van der Waals surface area contributed by atoms with E-state index in [-0.39, 0.29) is 24.1 Å². The van der Waals surface area contributed by atoms with Gasteiger partial charge in [0, 0.05) is 30.0 Å². The number of ether oxygens (including phenoxy) is 2. The summed E-state index contributed by atoms with van der Waals surface area (Å²) in [6, 6.07) is 11.2. The fraction of sp³-hybridized carbons (Fsp3) is 0.407. The summed E-state index contributed by atoms with van der Waals surface area (Å²) in [4.78, 5) is 20.4. The second-order valence-corrected chi connectivity index (χ2v) is 8.61. The quantitative estimate of drug-likeness (QED) is 0.404. The van der Waals surface area contributed by atoms with Crippen LogP contribution in [0.3, 0.4) is 0 Å². The number of fused-ring (bicyclic) bond motifs is 1. The number of rotatable bonds is 10. The number of hydrogen-bond donors (Lipinski definition) is 2. The summed E-state index contributed by atoms with van der Waals surface area (Å²) in [7, 11) is 1.43. The number of anilines is 1.